The molecule has 2 aliphatic rings. The van der Waals surface area contributed by atoms with E-state index in [0.29, 0.717) is 0 Å². The number of fused-ring (bicyclic) bond motifs is 1. The van der Waals surface area contributed by atoms with E-state index in [2.05, 4.69) is 19.3 Å². The summed E-state index contributed by atoms with van der Waals surface area (Å²) < 4.78 is 0. The molecule has 0 saturated heterocycles. The summed E-state index contributed by atoms with van der Waals surface area (Å²) in [5.41, 5.74) is 0. The Morgan fingerprint density at radius 3 is 2.08 bits per heavy atom. The highest BCUT2D eigenvalue weighted by Crippen LogP contribution is 2.47. The zero-order valence-electron chi connectivity index (χ0n) is 8.34. The predicted molar refractivity (Wildman–Crippen MR) is 52.1 cm³/mol. The molecule has 12 heavy (non-hydrogen) atoms. The lowest BCUT2D eigenvalue weighted by Crippen LogP contribution is -2.22. The van der Waals surface area contributed by atoms with E-state index in [4.69, 9.17) is 0 Å². The van der Waals surface area contributed by atoms with E-state index in [1.54, 1.807) is 0 Å². The average molecular weight is 167 g/mol. The van der Waals surface area contributed by atoms with Crippen LogP contribution in [0.15, 0.2) is 0 Å². The van der Waals surface area contributed by atoms with Gasteiger partial charge in [-0.05, 0) is 50.5 Å². The second-order valence-electron chi connectivity index (χ2n) is 4.72. The molecule has 2 aliphatic carbocycles. The number of rotatable bonds is 2. The van der Waals surface area contributed by atoms with Crippen LogP contribution in [0.25, 0.3) is 0 Å². The van der Waals surface area contributed by atoms with Crippen LogP contribution in [-0.2, 0) is 0 Å². The van der Waals surface area contributed by atoms with Gasteiger partial charge in [0.2, 0.25) is 0 Å². The first kappa shape index (κ1) is 8.55. The van der Waals surface area contributed by atoms with Gasteiger partial charge in [0.05, 0.1) is 0 Å². The van der Waals surface area contributed by atoms with Crippen molar-refractivity contribution in [2.45, 2.75) is 45.1 Å². The monoisotopic (exact) mass is 167 g/mol. The van der Waals surface area contributed by atoms with E-state index in [9.17, 15) is 0 Å². The van der Waals surface area contributed by atoms with Crippen LogP contribution >= 0.6 is 0 Å². The van der Waals surface area contributed by atoms with Crippen LogP contribution in [0.4, 0.5) is 0 Å². The van der Waals surface area contributed by atoms with Crippen molar-refractivity contribution in [2.24, 2.45) is 17.8 Å². The fourth-order valence-corrected chi connectivity index (χ4v) is 3.31. The fourth-order valence-electron chi connectivity index (χ4n) is 3.31. The molecule has 2 unspecified atom stereocenters. The van der Waals surface area contributed by atoms with E-state index >= 15 is 0 Å². The van der Waals surface area contributed by atoms with E-state index in [1.165, 1.54) is 32.1 Å². The van der Waals surface area contributed by atoms with Crippen LogP contribution in [0.3, 0.4) is 0 Å². The normalized spacial score (nSPS) is 46.5. The molecule has 0 heterocycles. The minimum absolute atomic E-state index is 0.845. The predicted octanol–water partition coefficient (Wildman–Crippen LogP) is 2.42. The number of nitrogens with one attached hydrogen (secondary N) is 1. The Bertz CT molecular complexity index is 125. The SMILES string of the molecule is CCC1CC2CC(NC)CC2C1. The molecule has 0 bridgehead atoms. The maximum absolute atomic E-state index is 3.43. The van der Waals surface area contributed by atoms with Crippen molar-refractivity contribution in [3.8, 4) is 0 Å². The van der Waals surface area contributed by atoms with E-state index < -0.39 is 0 Å². The van der Waals surface area contributed by atoms with Gasteiger partial charge in [-0.15, -0.1) is 0 Å². The largest absolute Gasteiger partial charge is 0.317 e. The van der Waals surface area contributed by atoms with E-state index in [-0.39, 0.29) is 0 Å². The molecule has 2 atom stereocenters. The lowest BCUT2D eigenvalue weighted by atomic mass is 10.00. The molecule has 0 amide bonds. The Hall–Kier alpha value is -0.0400. The zero-order chi connectivity index (χ0) is 8.55. The Labute approximate surface area is 75.9 Å². The molecule has 0 spiro atoms. The van der Waals surface area contributed by atoms with Crippen molar-refractivity contribution in [1.82, 2.24) is 5.32 Å². The molecule has 0 aromatic carbocycles. The summed E-state index contributed by atoms with van der Waals surface area (Å²) in [6.07, 6.45) is 7.38. The third kappa shape index (κ3) is 1.39. The molecule has 2 fully saturated rings. The van der Waals surface area contributed by atoms with Gasteiger partial charge in [-0.3, -0.25) is 0 Å². The lowest BCUT2D eigenvalue weighted by molar-refractivity contribution is 0.439. The van der Waals surface area contributed by atoms with Crippen molar-refractivity contribution in [3.63, 3.8) is 0 Å². The van der Waals surface area contributed by atoms with Crippen molar-refractivity contribution in [2.75, 3.05) is 7.05 Å². The van der Waals surface area contributed by atoms with Crippen LogP contribution in [0.5, 0.6) is 0 Å². The average Bonchev–Trinajstić information content (AvgIpc) is 2.59. The summed E-state index contributed by atoms with van der Waals surface area (Å²) in [6, 6.07) is 0.845. The van der Waals surface area contributed by atoms with Gasteiger partial charge >= 0.3 is 0 Å². The van der Waals surface area contributed by atoms with Gasteiger partial charge in [0.1, 0.15) is 0 Å². The fraction of sp³-hybridized carbons (Fsp3) is 1.00. The lowest BCUT2D eigenvalue weighted by Gasteiger charge is -2.12. The van der Waals surface area contributed by atoms with Crippen molar-refractivity contribution in [3.05, 3.63) is 0 Å². The highest BCUT2D eigenvalue weighted by molar-refractivity contribution is 4.93. The summed E-state index contributed by atoms with van der Waals surface area (Å²) in [5, 5.41) is 3.43. The van der Waals surface area contributed by atoms with Gasteiger partial charge in [0.25, 0.3) is 0 Å². The van der Waals surface area contributed by atoms with Gasteiger partial charge in [0, 0.05) is 6.04 Å². The summed E-state index contributed by atoms with van der Waals surface area (Å²) in [7, 11) is 2.11. The van der Waals surface area contributed by atoms with Gasteiger partial charge < -0.3 is 5.32 Å². The number of hydrogen-bond donors (Lipinski definition) is 1. The highest BCUT2D eigenvalue weighted by atomic mass is 14.9. The molecule has 2 rings (SSSR count). The third-order valence-corrected chi connectivity index (χ3v) is 4.10. The second-order valence-corrected chi connectivity index (χ2v) is 4.72. The molecule has 1 N–H and O–H groups in total. The van der Waals surface area contributed by atoms with Gasteiger partial charge in [0.15, 0.2) is 0 Å². The molecule has 0 radical (unpaired) electrons. The smallest absolute Gasteiger partial charge is 0.00695 e. The summed E-state index contributed by atoms with van der Waals surface area (Å²) in [6.45, 7) is 2.35. The van der Waals surface area contributed by atoms with Crippen LogP contribution in [0.1, 0.15) is 39.0 Å². The minimum atomic E-state index is 0.845. The van der Waals surface area contributed by atoms with Crippen molar-refractivity contribution < 1.29 is 0 Å². The first-order valence-electron chi connectivity index (χ1n) is 5.50. The van der Waals surface area contributed by atoms with Crippen LogP contribution in [0, 0.1) is 17.8 Å². The first-order chi connectivity index (χ1) is 5.83. The third-order valence-electron chi connectivity index (χ3n) is 4.10. The van der Waals surface area contributed by atoms with Crippen LogP contribution in [-0.4, -0.2) is 13.1 Å². The van der Waals surface area contributed by atoms with Crippen LogP contribution < -0.4 is 5.32 Å². The molecule has 2 saturated carbocycles. The Balaban J connectivity index is 1.89. The quantitative estimate of drug-likeness (QED) is 0.666. The molecule has 0 aliphatic heterocycles. The van der Waals surface area contributed by atoms with Gasteiger partial charge in [-0.25, -0.2) is 0 Å². The van der Waals surface area contributed by atoms with Crippen LogP contribution in [0.2, 0.25) is 0 Å². The van der Waals surface area contributed by atoms with Gasteiger partial charge in [-0.1, -0.05) is 13.3 Å². The molecule has 70 valence electrons. The zero-order valence-corrected chi connectivity index (χ0v) is 8.34. The molecule has 1 nitrogen and oxygen atoms in total. The van der Waals surface area contributed by atoms with E-state index in [0.717, 1.165) is 23.8 Å². The maximum atomic E-state index is 3.43. The topological polar surface area (TPSA) is 12.0 Å². The molecule has 0 aromatic heterocycles. The summed E-state index contributed by atoms with van der Waals surface area (Å²) in [4.78, 5) is 0. The standard InChI is InChI=1S/C11H21N/c1-3-8-4-9-6-11(12-2)7-10(9)5-8/h8-12H,3-7H2,1-2H3. The minimum Gasteiger partial charge on any atom is -0.317 e. The van der Waals surface area contributed by atoms with Gasteiger partial charge in [-0.2, -0.15) is 0 Å². The Morgan fingerprint density at radius 1 is 1.08 bits per heavy atom. The summed E-state index contributed by atoms with van der Waals surface area (Å²) in [5.74, 6) is 3.22. The first-order valence-corrected chi connectivity index (χ1v) is 5.50. The molecular weight excluding hydrogens is 146 g/mol. The van der Waals surface area contributed by atoms with Crippen molar-refractivity contribution >= 4 is 0 Å². The maximum Gasteiger partial charge on any atom is 0.00695 e. The van der Waals surface area contributed by atoms with E-state index in [1.807, 2.05) is 0 Å². The highest BCUT2D eigenvalue weighted by Gasteiger charge is 2.40. The second kappa shape index (κ2) is 3.37. The molecular formula is C11H21N. The molecule has 1 heteroatoms. The van der Waals surface area contributed by atoms with Crippen molar-refractivity contribution in [1.29, 1.82) is 0 Å². The Morgan fingerprint density at radius 2 is 1.67 bits per heavy atom. The molecule has 0 aromatic rings. The number of hydrogen-bond acceptors (Lipinski definition) is 1. The Kier molecular flexibility index (Phi) is 2.40. The summed E-state index contributed by atoms with van der Waals surface area (Å²) >= 11 is 0.